The predicted molar refractivity (Wildman–Crippen MR) is 103 cm³/mol. The van der Waals surface area contributed by atoms with Gasteiger partial charge in [0.25, 0.3) is 5.95 Å². The largest absolute Gasteiger partial charge is 0.352 e. The third-order valence-electron chi connectivity index (χ3n) is 4.33. The highest BCUT2D eigenvalue weighted by Crippen LogP contribution is 2.35. The lowest BCUT2D eigenvalue weighted by Crippen LogP contribution is -2.30. The predicted octanol–water partition coefficient (Wildman–Crippen LogP) is 1.91. The quantitative estimate of drug-likeness (QED) is 0.498. The molecule has 9 heteroatoms. The van der Waals surface area contributed by atoms with Gasteiger partial charge in [-0.25, -0.2) is 9.36 Å². The molecule has 27 heavy (non-hydrogen) atoms. The second kappa shape index (κ2) is 7.07. The number of benzene rings is 1. The monoisotopic (exact) mass is 383 g/mol. The number of aromatic nitrogens is 5. The summed E-state index contributed by atoms with van der Waals surface area (Å²) in [6, 6.07) is 11.9. The molecule has 0 radical (unpaired) electrons. The number of hydrogen-bond donors (Lipinski definition) is 2. The lowest BCUT2D eigenvalue weighted by Gasteiger charge is -2.16. The number of hydrogen-bond acceptors (Lipinski definition) is 6. The highest BCUT2D eigenvalue weighted by atomic mass is 32.2. The minimum Gasteiger partial charge on any atom is -0.352 e. The van der Waals surface area contributed by atoms with Gasteiger partial charge in [-0.15, -0.1) is 10.2 Å². The van der Waals surface area contributed by atoms with Crippen LogP contribution in [-0.4, -0.2) is 36.6 Å². The minimum atomic E-state index is -0.452. The molecule has 3 aromatic rings. The van der Waals surface area contributed by atoms with Gasteiger partial charge in [0.15, 0.2) is 0 Å². The Bertz CT molecular complexity index is 962. The number of thioether (sulfide) groups is 1. The summed E-state index contributed by atoms with van der Waals surface area (Å²) >= 11 is 1.29. The number of aryl methyl sites for hydroxylation is 2. The first-order valence-electron chi connectivity index (χ1n) is 8.79. The van der Waals surface area contributed by atoms with Gasteiger partial charge >= 0.3 is 0 Å². The Balaban J connectivity index is 1.63. The summed E-state index contributed by atoms with van der Waals surface area (Å²) in [6.07, 6.45) is 2.07. The van der Waals surface area contributed by atoms with Gasteiger partial charge in [0.1, 0.15) is 5.25 Å². The molecule has 0 aliphatic heterocycles. The maximum Gasteiger partial charge on any atom is 0.271 e. The second-order valence-corrected chi connectivity index (χ2v) is 7.76. The Morgan fingerprint density at radius 3 is 2.63 bits per heavy atom. The average molecular weight is 383 g/mol. The zero-order valence-corrected chi connectivity index (χ0v) is 16.0. The molecule has 1 amide bonds. The molecule has 4 rings (SSSR count). The Morgan fingerprint density at radius 2 is 2.00 bits per heavy atom. The highest BCUT2D eigenvalue weighted by Gasteiger charge is 2.30. The smallest absolute Gasteiger partial charge is 0.271 e. The van der Waals surface area contributed by atoms with E-state index in [4.69, 9.17) is 5.84 Å². The van der Waals surface area contributed by atoms with Crippen molar-refractivity contribution in [3.05, 3.63) is 53.3 Å². The maximum atomic E-state index is 12.8. The number of nitrogens with zero attached hydrogens (tertiary/aromatic N) is 5. The third-order valence-corrected chi connectivity index (χ3v) is 5.54. The molecule has 1 atom stereocenters. The maximum absolute atomic E-state index is 12.8. The first kappa shape index (κ1) is 17.6. The van der Waals surface area contributed by atoms with Crippen LogP contribution in [0.5, 0.6) is 0 Å². The van der Waals surface area contributed by atoms with Crippen LogP contribution in [0.4, 0.5) is 0 Å². The van der Waals surface area contributed by atoms with Crippen LogP contribution in [0, 0.1) is 13.8 Å². The topological polar surface area (TPSA) is 104 Å². The van der Waals surface area contributed by atoms with Gasteiger partial charge in [-0.3, -0.25) is 4.79 Å². The number of nitrogens with two attached hydrogens (primary N) is 1. The molecule has 1 saturated carbocycles. The van der Waals surface area contributed by atoms with Crippen LogP contribution < -0.4 is 11.2 Å². The Hall–Kier alpha value is -2.81. The molecule has 3 N–H and O–H groups in total. The fraction of sp³-hybridized carbons (Fsp3) is 0.333. The summed E-state index contributed by atoms with van der Waals surface area (Å²) in [5, 5.41) is 15.8. The number of carbonyl (C=O) groups excluding carboxylic acids is 1. The molecule has 2 aromatic heterocycles. The first-order valence-corrected chi connectivity index (χ1v) is 9.67. The van der Waals surface area contributed by atoms with Gasteiger partial charge in [0.05, 0.1) is 5.69 Å². The molecule has 0 bridgehead atoms. The summed E-state index contributed by atoms with van der Waals surface area (Å²) in [4.78, 5) is 12.8. The van der Waals surface area contributed by atoms with E-state index in [1.807, 2.05) is 50.2 Å². The van der Waals surface area contributed by atoms with Crippen molar-refractivity contribution >= 4 is 17.7 Å². The van der Waals surface area contributed by atoms with Gasteiger partial charge in [-0.05, 0) is 38.3 Å². The number of nitrogens with one attached hydrogen (secondary N) is 1. The zero-order chi connectivity index (χ0) is 19.0. The molecular weight excluding hydrogens is 362 g/mol. The lowest BCUT2D eigenvalue weighted by molar-refractivity contribution is -0.120. The summed E-state index contributed by atoms with van der Waals surface area (Å²) in [5.74, 6) is 6.61. The third kappa shape index (κ3) is 3.68. The molecule has 8 nitrogen and oxygen atoms in total. The number of amides is 1. The van der Waals surface area contributed by atoms with Crippen molar-refractivity contribution in [2.45, 2.75) is 43.1 Å². The van der Waals surface area contributed by atoms with E-state index in [9.17, 15) is 4.79 Å². The van der Waals surface area contributed by atoms with Crippen molar-refractivity contribution in [2.75, 3.05) is 5.84 Å². The van der Waals surface area contributed by atoms with Crippen LogP contribution in [-0.2, 0) is 4.79 Å². The molecule has 2 heterocycles. The number of carbonyl (C=O) groups is 1. The van der Waals surface area contributed by atoms with Gasteiger partial charge in [-0.1, -0.05) is 42.1 Å². The molecule has 0 spiro atoms. The van der Waals surface area contributed by atoms with E-state index in [2.05, 4.69) is 20.6 Å². The van der Waals surface area contributed by atoms with Crippen LogP contribution in [0.25, 0.3) is 5.95 Å². The van der Waals surface area contributed by atoms with Crippen molar-refractivity contribution in [1.29, 1.82) is 0 Å². The fourth-order valence-electron chi connectivity index (χ4n) is 2.84. The van der Waals surface area contributed by atoms with Crippen LogP contribution >= 0.6 is 11.8 Å². The van der Waals surface area contributed by atoms with Gasteiger partial charge < -0.3 is 11.2 Å². The average Bonchev–Trinajstić information content (AvgIpc) is 3.30. The standard InChI is InChI=1S/C18H21N7OS/c1-11-10-12(2)25(23-11)17-21-22-18(24(17)19)27-15(13-6-4-3-5-7-13)16(26)20-14-8-9-14/h3-7,10,14-15H,8-9,19H2,1-2H3,(H,20,26). The normalized spacial score (nSPS) is 14.9. The highest BCUT2D eigenvalue weighted by molar-refractivity contribution is 8.00. The van der Waals surface area contributed by atoms with Gasteiger partial charge in [0.2, 0.25) is 11.1 Å². The van der Waals surface area contributed by atoms with Crippen molar-refractivity contribution in [3.8, 4) is 5.95 Å². The van der Waals surface area contributed by atoms with E-state index in [0.717, 1.165) is 29.8 Å². The van der Waals surface area contributed by atoms with Crippen molar-refractivity contribution in [3.63, 3.8) is 0 Å². The van der Waals surface area contributed by atoms with E-state index in [0.29, 0.717) is 11.1 Å². The van der Waals surface area contributed by atoms with Crippen LogP contribution in [0.15, 0.2) is 41.6 Å². The van der Waals surface area contributed by atoms with Crippen LogP contribution in [0.3, 0.4) is 0 Å². The second-order valence-electron chi connectivity index (χ2n) is 6.68. The number of nitrogen functional groups attached to an aromatic ring is 1. The van der Waals surface area contributed by atoms with Crippen molar-refractivity contribution in [2.24, 2.45) is 0 Å². The molecule has 0 saturated heterocycles. The SMILES string of the molecule is Cc1cc(C)n(-c2nnc(SC(C(=O)NC3CC3)c3ccccc3)n2N)n1. The Labute approximate surface area is 161 Å². The van der Waals surface area contributed by atoms with E-state index >= 15 is 0 Å². The fourth-order valence-corrected chi connectivity index (χ4v) is 3.80. The molecule has 140 valence electrons. The molecular formula is C18H21N7OS. The Kier molecular flexibility index (Phi) is 4.61. The minimum absolute atomic E-state index is 0.0376. The summed E-state index contributed by atoms with van der Waals surface area (Å²) in [5.41, 5.74) is 2.68. The molecule has 1 aromatic carbocycles. The first-order chi connectivity index (χ1) is 13.0. The molecule has 1 fully saturated rings. The number of rotatable bonds is 6. The Morgan fingerprint density at radius 1 is 1.26 bits per heavy atom. The van der Waals surface area contributed by atoms with Crippen molar-refractivity contribution < 1.29 is 4.79 Å². The molecule has 1 aliphatic rings. The van der Waals surface area contributed by atoms with Gasteiger partial charge in [-0.2, -0.15) is 5.10 Å². The molecule has 1 unspecified atom stereocenters. The summed E-state index contributed by atoms with van der Waals surface area (Å²) in [6.45, 7) is 3.83. The van der Waals surface area contributed by atoms with E-state index in [1.54, 1.807) is 4.68 Å². The van der Waals surface area contributed by atoms with Gasteiger partial charge in [0, 0.05) is 11.7 Å². The summed E-state index contributed by atoms with van der Waals surface area (Å²) in [7, 11) is 0. The molecule has 1 aliphatic carbocycles. The van der Waals surface area contributed by atoms with Crippen LogP contribution in [0.1, 0.15) is 35.0 Å². The lowest BCUT2D eigenvalue weighted by atomic mass is 10.1. The zero-order valence-electron chi connectivity index (χ0n) is 15.2. The van der Waals surface area contributed by atoms with Crippen LogP contribution in [0.2, 0.25) is 0 Å². The van der Waals surface area contributed by atoms with Crippen molar-refractivity contribution in [1.82, 2.24) is 30.0 Å². The van der Waals surface area contributed by atoms with E-state index in [-0.39, 0.29) is 11.9 Å². The summed E-state index contributed by atoms with van der Waals surface area (Å²) < 4.78 is 3.03. The van der Waals surface area contributed by atoms with E-state index < -0.39 is 5.25 Å². The van der Waals surface area contributed by atoms with E-state index in [1.165, 1.54) is 16.4 Å².